The molecule has 2 nitrogen and oxygen atoms in total. The molecule has 0 aliphatic heterocycles. The van der Waals surface area contributed by atoms with Crippen LogP contribution < -0.4 is 0 Å². The van der Waals surface area contributed by atoms with E-state index in [-0.39, 0.29) is 0 Å². The average Bonchev–Trinajstić information content (AvgIpc) is 3.13. The molecule has 0 atom stereocenters. The molecule has 0 radical (unpaired) electrons. The van der Waals surface area contributed by atoms with Crippen LogP contribution in [0.25, 0.3) is 0 Å². The van der Waals surface area contributed by atoms with Crippen LogP contribution in [-0.2, 0) is 6.54 Å². The van der Waals surface area contributed by atoms with Crippen LogP contribution in [0, 0.1) is 11.3 Å². The first-order valence-electron chi connectivity index (χ1n) is 6.06. The third-order valence-corrected chi connectivity index (χ3v) is 3.04. The molecule has 16 heavy (non-hydrogen) atoms. The first-order chi connectivity index (χ1) is 7.83. The molecular formula is C14H18N2. The maximum Gasteiger partial charge on any atom is 0.0991 e. The quantitative estimate of drug-likeness (QED) is 0.753. The Morgan fingerprint density at radius 3 is 2.50 bits per heavy atom. The molecule has 0 spiro atoms. The highest BCUT2D eigenvalue weighted by Gasteiger charge is 2.27. The SMILES string of the molecule is CCCN(Cc1ccc(C#N)cc1)C1CC1. The lowest BCUT2D eigenvalue weighted by Crippen LogP contribution is -2.26. The first kappa shape index (κ1) is 11.2. The summed E-state index contributed by atoms with van der Waals surface area (Å²) in [6, 6.07) is 10.9. The fourth-order valence-corrected chi connectivity index (χ4v) is 2.04. The Hall–Kier alpha value is -1.33. The van der Waals surface area contributed by atoms with E-state index in [1.807, 2.05) is 12.1 Å². The Balaban J connectivity index is 1.98. The van der Waals surface area contributed by atoms with E-state index in [4.69, 9.17) is 5.26 Å². The highest BCUT2D eigenvalue weighted by Crippen LogP contribution is 2.28. The van der Waals surface area contributed by atoms with Crippen molar-refractivity contribution in [3.8, 4) is 6.07 Å². The zero-order valence-electron chi connectivity index (χ0n) is 9.82. The second-order valence-electron chi connectivity index (χ2n) is 4.51. The summed E-state index contributed by atoms with van der Waals surface area (Å²) >= 11 is 0. The van der Waals surface area contributed by atoms with Gasteiger partial charge >= 0.3 is 0 Å². The number of hydrogen-bond donors (Lipinski definition) is 0. The topological polar surface area (TPSA) is 27.0 Å². The van der Waals surface area contributed by atoms with Gasteiger partial charge in [0.05, 0.1) is 11.6 Å². The van der Waals surface area contributed by atoms with Crippen LogP contribution in [0.2, 0.25) is 0 Å². The Bertz CT molecular complexity index is 371. The van der Waals surface area contributed by atoms with Gasteiger partial charge < -0.3 is 0 Å². The monoisotopic (exact) mass is 214 g/mol. The smallest absolute Gasteiger partial charge is 0.0991 e. The van der Waals surface area contributed by atoms with E-state index >= 15 is 0 Å². The standard InChI is InChI=1S/C14H18N2/c1-2-9-16(14-7-8-14)11-13-5-3-12(10-15)4-6-13/h3-6,14H,2,7-9,11H2,1H3. The van der Waals surface area contributed by atoms with Gasteiger partial charge in [0.15, 0.2) is 0 Å². The lowest BCUT2D eigenvalue weighted by molar-refractivity contribution is 0.255. The van der Waals surface area contributed by atoms with Gasteiger partial charge in [-0.25, -0.2) is 0 Å². The van der Waals surface area contributed by atoms with E-state index < -0.39 is 0 Å². The van der Waals surface area contributed by atoms with E-state index in [1.165, 1.54) is 31.4 Å². The number of rotatable bonds is 5. The zero-order valence-corrected chi connectivity index (χ0v) is 9.82. The van der Waals surface area contributed by atoms with Gasteiger partial charge in [-0.2, -0.15) is 5.26 Å². The molecule has 0 bridgehead atoms. The van der Waals surface area contributed by atoms with Gasteiger partial charge in [0.25, 0.3) is 0 Å². The molecule has 84 valence electrons. The summed E-state index contributed by atoms with van der Waals surface area (Å²) in [7, 11) is 0. The third-order valence-electron chi connectivity index (χ3n) is 3.04. The van der Waals surface area contributed by atoms with E-state index in [2.05, 4.69) is 30.0 Å². The molecule has 1 aliphatic rings. The van der Waals surface area contributed by atoms with Gasteiger partial charge in [-0.1, -0.05) is 19.1 Å². The van der Waals surface area contributed by atoms with Crippen molar-refractivity contribution in [2.24, 2.45) is 0 Å². The Morgan fingerprint density at radius 1 is 1.31 bits per heavy atom. The summed E-state index contributed by atoms with van der Waals surface area (Å²) in [4.78, 5) is 2.56. The molecule has 0 N–H and O–H groups in total. The first-order valence-corrected chi connectivity index (χ1v) is 6.06. The summed E-state index contributed by atoms with van der Waals surface area (Å²) < 4.78 is 0. The fourth-order valence-electron chi connectivity index (χ4n) is 2.04. The number of hydrogen-bond acceptors (Lipinski definition) is 2. The summed E-state index contributed by atoms with van der Waals surface area (Å²) in [5, 5.41) is 8.73. The number of nitriles is 1. The highest BCUT2D eigenvalue weighted by atomic mass is 15.2. The van der Waals surface area contributed by atoms with Crippen LogP contribution in [0.4, 0.5) is 0 Å². The summed E-state index contributed by atoms with van der Waals surface area (Å²) in [6.45, 7) is 4.45. The fraction of sp³-hybridized carbons (Fsp3) is 0.500. The molecular weight excluding hydrogens is 196 g/mol. The molecule has 0 aromatic heterocycles. The van der Waals surface area contributed by atoms with Crippen LogP contribution >= 0.6 is 0 Å². The van der Waals surface area contributed by atoms with Gasteiger partial charge in [-0.15, -0.1) is 0 Å². The van der Waals surface area contributed by atoms with Crippen molar-refractivity contribution < 1.29 is 0 Å². The largest absolute Gasteiger partial charge is 0.296 e. The second-order valence-corrected chi connectivity index (χ2v) is 4.51. The number of benzene rings is 1. The van der Waals surface area contributed by atoms with Crippen molar-refractivity contribution in [2.45, 2.75) is 38.8 Å². The normalized spacial score (nSPS) is 15.1. The molecule has 2 rings (SSSR count). The average molecular weight is 214 g/mol. The minimum atomic E-state index is 0.747. The lowest BCUT2D eigenvalue weighted by Gasteiger charge is -2.21. The van der Waals surface area contributed by atoms with Crippen molar-refractivity contribution in [3.63, 3.8) is 0 Å². The molecule has 1 fully saturated rings. The highest BCUT2D eigenvalue weighted by molar-refractivity contribution is 5.31. The third kappa shape index (κ3) is 2.84. The molecule has 0 amide bonds. The number of nitrogens with zero attached hydrogens (tertiary/aromatic N) is 2. The molecule has 1 saturated carbocycles. The Morgan fingerprint density at radius 2 is 2.00 bits per heavy atom. The Labute approximate surface area is 97.5 Å². The van der Waals surface area contributed by atoms with Gasteiger partial charge in [0.2, 0.25) is 0 Å². The molecule has 1 aromatic rings. The van der Waals surface area contributed by atoms with Crippen LogP contribution in [0.1, 0.15) is 37.3 Å². The van der Waals surface area contributed by atoms with Gasteiger partial charge in [0, 0.05) is 12.6 Å². The van der Waals surface area contributed by atoms with Crippen LogP contribution in [0.3, 0.4) is 0 Å². The molecule has 0 unspecified atom stereocenters. The predicted octanol–water partition coefficient (Wildman–Crippen LogP) is 2.93. The van der Waals surface area contributed by atoms with Crippen molar-refractivity contribution in [3.05, 3.63) is 35.4 Å². The van der Waals surface area contributed by atoms with Crippen molar-refractivity contribution in [1.29, 1.82) is 5.26 Å². The Kier molecular flexibility index (Phi) is 3.58. The van der Waals surface area contributed by atoms with E-state index in [0.717, 1.165) is 18.2 Å². The molecule has 1 aliphatic carbocycles. The molecule has 2 heteroatoms. The molecule has 0 saturated heterocycles. The van der Waals surface area contributed by atoms with Crippen molar-refractivity contribution in [1.82, 2.24) is 4.90 Å². The van der Waals surface area contributed by atoms with Gasteiger partial charge in [0.1, 0.15) is 0 Å². The zero-order chi connectivity index (χ0) is 11.4. The van der Waals surface area contributed by atoms with Gasteiger partial charge in [-0.05, 0) is 43.5 Å². The molecule has 1 aromatic carbocycles. The van der Waals surface area contributed by atoms with Crippen molar-refractivity contribution >= 4 is 0 Å². The van der Waals surface area contributed by atoms with Crippen LogP contribution in [0.15, 0.2) is 24.3 Å². The molecule has 0 heterocycles. The summed E-state index contributed by atoms with van der Waals surface area (Å²) in [5.74, 6) is 0. The second kappa shape index (κ2) is 5.14. The lowest BCUT2D eigenvalue weighted by atomic mass is 10.1. The van der Waals surface area contributed by atoms with Gasteiger partial charge in [-0.3, -0.25) is 4.90 Å². The van der Waals surface area contributed by atoms with Crippen LogP contribution in [0.5, 0.6) is 0 Å². The van der Waals surface area contributed by atoms with Crippen LogP contribution in [-0.4, -0.2) is 17.5 Å². The summed E-state index contributed by atoms with van der Waals surface area (Å²) in [6.07, 6.45) is 3.93. The van der Waals surface area contributed by atoms with E-state index in [0.29, 0.717) is 0 Å². The minimum Gasteiger partial charge on any atom is -0.296 e. The van der Waals surface area contributed by atoms with E-state index in [9.17, 15) is 0 Å². The predicted molar refractivity (Wildman–Crippen MR) is 64.9 cm³/mol. The maximum atomic E-state index is 8.73. The van der Waals surface area contributed by atoms with E-state index in [1.54, 1.807) is 0 Å². The minimum absolute atomic E-state index is 0.747. The summed E-state index contributed by atoms with van der Waals surface area (Å²) in [5.41, 5.74) is 2.07. The van der Waals surface area contributed by atoms with Crippen molar-refractivity contribution in [2.75, 3.05) is 6.54 Å². The maximum absolute atomic E-state index is 8.73.